The maximum Gasteiger partial charge on any atom is 0.140 e. The van der Waals surface area contributed by atoms with E-state index < -0.39 is 11.7 Å². The minimum atomic E-state index is -0.954. The lowest BCUT2D eigenvalue weighted by Gasteiger charge is -2.42. The fourth-order valence-electron chi connectivity index (χ4n) is 2.90. The van der Waals surface area contributed by atoms with Crippen LogP contribution in [-0.2, 0) is 6.54 Å². The molecule has 0 unspecified atom stereocenters. The van der Waals surface area contributed by atoms with Crippen LogP contribution in [0.25, 0.3) is 0 Å². The second-order valence-corrected chi connectivity index (χ2v) is 6.50. The van der Waals surface area contributed by atoms with E-state index in [1.54, 1.807) is 25.3 Å². The van der Waals surface area contributed by atoms with E-state index in [4.69, 9.17) is 4.74 Å². The molecule has 1 aliphatic rings. The second-order valence-electron chi connectivity index (χ2n) is 6.50. The lowest BCUT2D eigenvalue weighted by molar-refractivity contribution is -0.0967. The van der Waals surface area contributed by atoms with Crippen molar-refractivity contribution >= 4 is 0 Å². The molecule has 1 aromatic carbocycles. The first-order chi connectivity index (χ1) is 11.4. The topological polar surface area (TPSA) is 58.5 Å². The molecule has 0 bridgehead atoms. The predicted octanol–water partition coefficient (Wildman–Crippen LogP) is 2.33. The average molecular weight is 331 g/mol. The van der Waals surface area contributed by atoms with Gasteiger partial charge < -0.3 is 9.84 Å². The van der Waals surface area contributed by atoms with E-state index in [9.17, 15) is 9.50 Å². The molecule has 2 atom stereocenters. The number of aryl methyl sites for hydroxylation is 1. The Balaban J connectivity index is 1.70. The molecule has 2 heterocycles. The first-order valence-electron chi connectivity index (χ1n) is 8.08. The van der Waals surface area contributed by atoms with Crippen LogP contribution in [0, 0.1) is 12.7 Å². The van der Waals surface area contributed by atoms with E-state index in [2.05, 4.69) is 14.9 Å². The van der Waals surface area contributed by atoms with E-state index in [0.29, 0.717) is 25.3 Å². The van der Waals surface area contributed by atoms with E-state index in [-0.39, 0.29) is 5.82 Å². The summed E-state index contributed by atoms with van der Waals surface area (Å²) in [7, 11) is 0. The van der Waals surface area contributed by atoms with Crippen molar-refractivity contribution in [3.05, 3.63) is 53.9 Å². The number of hydrogen-bond acceptors (Lipinski definition) is 5. The van der Waals surface area contributed by atoms with E-state index in [0.717, 1.165) is 18.1 Å². The average Bonchev–Trinajstić information content (AvgIpc) is 2.51. The summed E-state index contributed by atoms with van der Waals surface area (Å²) in [5.41, 5.74) is -0.0155. The van der Waals surface area contributed by atoms with E-state index in [1.165, 1.54) is 12.1 Å². The zero-order valence-corrected chi connectivity index (χ0v) is 13.9. The van der Waals surface area contributed by atoms with Crippen LogP contribution in [0.4, 0.5) is 4.39 Å². The molecule has 3 rings (SSSR count). The third-order valence-corrected chi connectivity index (χ3v) is 4.35. The van der Waals surface area contributed by atoms with Crippen LogP contribution in [-0.4, -0.2) is 44.8 Å². The number of likely N-dealkylation sites (tertiary alicyclic amines) is 1. The summed E-state index contributed by atoms with van der Waals surface area (Å²) >= 11 is 0. The lowest BCUT2D eigenvalue weighted by Crippen LogP contribution is -2.56. The fraction of sp³-hybridized carbons (Fsp3) is 0.444. The Kier molecular flexibility index (Phi) is 4.78. The SMILES string of the molecule is Cc1nccc(CN2CC[C@@](C)(O)[C@H](Oc3cccc(F)c3)C2)n1. The molecule has 5 nitrogen and oxygen atoms in total. The summed E-state index contributed by atoms with van der Waals surface area (Å²) in [4.78, 5) is 10.7. The van der Waals surface area contributed by atoms with Crippen molar-refractivity contribution in [2.45, 2.75) is 38.5 Å². The molecule has 1 saturated heterocycles. The van der Waals surface area contributed by atoms with Gasteiger partial charge in [0, 0.05) is 31.9 Å². The summed E-state index contributed by atoms with van der Waals surface area (Å²) < 4.78 is 19.2. The molecule has 1 aliphatic heterocycles. The number of piperidine rings is 1. The van der Waals surface area contributed by atoms with E-state index in [1.807, 2.05) is 13.0 Å². The zero-order chi connectivity index (χ0) is 17.2. The molecule has 0 aliphatic carbocycles. The van der Waals surface area contributed by atoms with Crippen LogP contribution in [0.2, 0.25) is 0 Å². The monoisotopic (exact) mass is 331 g/mol. The number of benzene rings is 1. The lowest BCUT2D eigenvalue weighted by atomic mass is 9.90. The molecule has 0 saturated carbocycles. The van der Waals surface area contributed by atoms with Gasteiger partial charge in [0.25, 0.3) is 0 Å². The predicted molar refractivity (Wildman–Crippen MR) is 88.1 cm³/mol. The fourth-order valence-corrected chi connectivity index (χ4v) is 2.90. The van der Waals surface area contributed by atoms with Crippen molar-refractivity contribution in [3.8, 4) is 5.75 Å². The van der Waals surface area contributed by atoms with Gasteiger partial charge in [0.2, 0.25) is 0 Å². The van der Waals surface area contributed by atoms with Gasteiger partial charge in [0.15, 0.2) is 0 Å². The highest BCUT2D eigenvalue weighted by atomic mass is 19.1. The minimum absolute atomic E-state index is 0.351. The van der Waals surface area contributed by atoms with Gasteiger partial charge >= 0.3 is 0 Å². The van der Waals surface area contributed by atoms with Crippen molar-refractivity contribution < 1.29 is 14.2 Å². The quantitative estimate of drug-likeness (QED) is 0.932. The van der Waals surface area contributed by atoms with E-state index >= 15 is 0 Å². The van der Waals surface area contributed by atoms with Gasteiger partial charge in [-0.15, -0.1) is 0 Å². The Labute approximate surface area is 141 Å². The standard InChI is InChI=1S/C18H22FN3O2/c1-13-20-8-6-15(21-13)11-22-9-7-18(2,23)17(12-22)24-16-5-3-4-14(19)10-16/h3-6,8,10,17,23H,7,9,11-12H2,1-2H3/t17-,18-/m1/s1. The van der Waals surface area contributed by atoms with Crippen molar-refractivity contribution in [2.24, 2.45) is 0 Å². The molecule has 0 radical (unpaired) electrons. The van der Waals surface area contributed by atoms with Crippen LogP contribution in [0.15, 0.2) is 36.5 Å². The molecule has 24 heavy (non-hydrogen) atoms. The molecule has 128 valence electrons. The van der Waals surface area contributed by atoms with Gasteiger partial charge in [-0.1, -0.05) is 6.07 Å². The highest BCUT2D eigenvalue weighted by Crippen LogP contribution is 2.27. The Bertz CT molecular complexity index is 708. The molecule has 1 aromatic heterocycles. The van der Waals surface area contributed by atoms with Gasteiger partial charge in [-0.05, 0) is 38.5 Å². The molecular weight excluding hydrogens is 309 g/mol. The van der Waals surface area contributed by atoms with Gasteiger partial charge in [0.05, 0.1) is 5.69 Å². The van der Waals surface area contributed by atoms with Crippen molar-refractivity contribution in [3.63, 3.8) is 0 Å². The number of aliphatic hydroxyl groups is 1. The molecule has 0 spiro atoms. The van der Waals surface area contributed by atoms with Crippen LogP contribution in [0.1, 0.15) is 24.9 Å². The number of aromatic nitrogens is 2. The Morgan fingerprint density at radius 3 is 3.00 bits per heavy atom. The zero-order valence-electron chi connectivity index (χ0n) is 13.9. The Morgan fingerprint density at radius 2 is 2.25 bits per heavy atom. The highest BCUT2D eigenvalue weighted by Gasteiger charge is 2.39. The van der Waals surface area contributed by atoms with Gasteiger partial charge in [-0.2, -0.15) is 0 Å². The highest BCUT2D eigenvalue weighted by molar-refractivity contribution is 5.23. The van der Waals surface area contributed by atoms with Gasteiger partial charge in [-0.25, -0.2) is 14.4 Å². The number of ether oxygens (including phenoxy) is 1. The van der Waals surface area contributed by atoms with Crippen molar-refractivity contribution in [2.75, 3.05) is 13.1 Å². The van der Waals surface area contributed by atoms with Crippen LogP contribution in [0.3, 0.4) is 0 Å². The summed E-state index contributed by atoms with van der Waals surface area (Å²) in [6, 6.07) is 7.90. The molecule has 2 aromatic rings. The minimum Gasteiger partial charge on any atom is -0.486 e. The number of hydrogen-bond donors (Lipinski definition) is 1. The first-order valence-corrected chi connectivity index (χ1v) is 8.08. The Morgan fingerprint density at radius 1 is 1.42 bits per heavy atom. The summed E-state index contributed by atoms with van der Waals surface area (Å²) in [5, 5.41) is 10.6. The second kappa shape index (κ2) is 6.83. The number of halogens is 1. The van der Waals surface area contributed by atoms with Gasteiger partial charge in [-0.3, -0.25) is 4.90 Å². The maximum atomic E-state index is 13.3. The Hall–Kier alpha value is -2.05. The molecule has 1 fully saturated rings. The van der Waals surface area contributed by atoms with Crippen molar-refractivity contribution in [1.82, 2.24) is 14.9 Å². The van der Waals surface area contributed by atoms with Gasteiger partial charge in [0.1, 0.15) is 29.1 Å². The van der Waals surface area contributed by atoms with Crippen LogP contribution in [0.5, 0.6) is 5.75 Å². The summed E-state index contributed by atoms with van der Waals surface area (Å²) in [5.74, 6) is 0.820. The number of rotatable bonds is 4. The van der Waals surface area contributed by atoms with Crippen LogP contribution >= 0.6 is 0 Å². The first kappa shape index (κ1) is 16.8. The summed E-state index contributed by atoms with van der Waals surface area (Å²) in [6.07, 6.45) is 1.89. The third-order valence-electron chi connectivity index (χ3n) is 4.35. The number of nitrogens with zero attached hydrogens (tertiary/aromatic N) is 3. The normalized spacial score (nSPS) is 24.8. The van der Waals surface area contributed by atoms with Crippen LogP contribution < -0.4 is 4.74 Å². The molecule has 0 amide bonds. The largest absolute Gasteiger partial charge is 0.486 e. The third kappa shape index (κ3) is 4.07. The molecule has 1 N–H and O–H groups in total. The maximum absolute atomic E-state index is 13.3. The summed E-state index contributed by atoms with van der Waals surface area (Å²) in [6.45, 7) is 5.59. The molecular formula is C18H22FN3O2. The van der Waals surface area contributed by atoms with Crippen molar-refractivity contribution in [1.29, 1.82) is 0 Å². The molecule has 6 heteroatoms. The smallest absolute Gasteiger partial charge is 0.140 e.